The van der Waals surface area contributed by atoms with Crippen LogP contribution in [0.2, 0.25) is 0 Å². The number of thioether (sulfide) groups is 1. The Labute approximate surface area is 183 Å². The van der Waals surface area contributed by atoms with Gasteiger partial charge in [-0.3, -0.25) is 19.7 Å². The second kappa shape index (κ2) is 9.99. The van der Waals surface area contributed by atoms with E-state index in [0.717, 1.165) is 22.1 Å². The number of imide groups is 1. The average Bonchev–Trinajstić information content (AvgIpc) is 3.50. The average molecular weight is 429 g/mol. The second-order valence-corrected chi connectivity index (χ2v) is 10.0. The number of carbonyl (C=O) groups is 3. The van der Waals surface area contributed by atoms with Crippen LogP contribution in [-0.4, -0.2) is 34.4 Å². The molecule has 3 aliphatic rings. The lowest BCUT2D eigenvalue weighted by Crippen LogP contribution is -2.52. The maximum atomic E-state index is 12.9. The van der Waals surface area contributed by atoms with Gasteiger partial charge in [-0.05, 0) is 42.2 Å². The van der Waals surface area contributed by atoms with Gasteiger partial charge in [0.15, 0.2) is 0 Å². The van der Waals surface area contributed by atoms with Crippen molar-refractivity contribution in [1.29, 1.82) is 0 Å². The normalized spacial score (nSPS) is 21.1. The highest BCUT2D eigenvalue weighted by atomic mass is 32.2. The molecular weight excluding hydrogens is 396 g/mol. The number of nitrogens with one attached hydrogen (secondary N) is 1. The zero-order valence-electron chi connectivity index (χ0n) is 17.7. The van der Waals surface area contributed by atoms with Gasteiger partial charge < -0.3 is 4.90 Å². The highest BCUT2D eigenvalue weighted by molar-refractivity contribution is 7.99. The smallest absolute Gasteiger partial charge is 0.255 e. The van der Waals surface area contributed by atoms with Crippen molar-refractivity contribution in [3.63, 3.8) is 0 Å². The van der Waals surface area contributed by atoms with Gasteiger partial charge in [-0.25, -0.2) is 0 Å². The van der Waals surface area contributed by atoms with E-state index in [0.29, 0.717) is 24.9 Å². The number of hydrogen-bond acceptors (Lipinski definition) is 4. The zero-order valence-corrected chi connectivity index (χ0v) is 18.5. The fourth-order valence-electron chi connectivity index (χ4n) is 4.52. The van der Waals surface area contributed by atoms with Gasteiger partial charge in [0, 0.05) is 23.4 Å². The molecular formula is C24H32N2O3S. The molecule has 4 rings (SSSR count). The third-order valence-electron chi connectivity index (χ3n) is 6.50. The van der Waals surface area contributed by atoms with Crippen LogP contribution in [-0.2, 0) is 16.1 Å². The minimum Gasteiger partial charge on any atom is -0.322 e. The minimum absolute atomic E-state index is 0.0897. The highest BCUT2D eigenvalue weighted by Crippen LogP contribution is 2.35. The van der Waals surface area contributed by atoms with Crippen molar-refractivity contribution in [3.05, 3.63) is 29.3 Å². The number of rotatable bonds is 11. The summed E-state index contributed by atoms with van der Waals surface area (Å²) in [5.41, 5.74) is 1.75. The Morgan fingerprint density at radius 3 is 2.50 bits per heavy atom. The van der Waals surface area contributed by atoms with Crippen LogP contribution in [0, 0.1) is 5.92 Å². The molecule has 1 aromatic rings. The maximum absolute atomic E-state index is 12.9. The molecule has 0 bridgehead atoms. The number of amides is 3. The minimum atomic E-state index is -0.541. The third kappa shape index (κ3) is 5.26. The number of hydrogen-bond donors (Lipinski definition) is 1. The number of fused-ring (bicyclic) bond motifs is 1. The van der Waals surface area contributed by atoms with Crippen LogP contribution in [0.3, 0.4) is 0 Å². The molecule has 1 saturated carbocycles. The van der Waals surface area contributed by atoms with Crippen LogP contribution < -0.4 is 5.32 Å². The molecule has 30 heavy (non-hydrogen) atoms. The fraction of sp³-hybridized carbons (Fsp3) is 0.625. The van der Waals surface area contributed by atoms with E-state index in [-0.39, 0.29) is 17.7 Å². The Hall–Kier alpha value is -1.82. The van der Waals surface area contributed by atoms with E-state index in [2.05, 4.69) is 11.4 Å². The topological polar surface area (TPSA) is 66.5 Å². The van der Waals surface area contributed by atoms with E-state index in [4.69, 9.17) is 0 Å². The maximum Gasteiger partial charge on any atom is 0.255 e. The van der Waals surface area contributed by atoms with Crippen LogP contribution in [0.15, 0.2) is 23.1 Å². The molecule has 1 aliphatic carbocycles. The van der Waals surface area contributed by atoms with Gasteiger partial charge in [0.05, 0.1) is 0 Å². The largest absolute Gasteiger partial charge is 0.322 e. The van der Waals surface area contributed by atoms with Crippen molar-refractivity contribution in [2.75, 3.05) is 5.75 Å². The van der Waals surface area contributed by atoms with E-state index in [1.807, 2.05) is 23.9 Å². The first-order valence-corrected chi connectivity index (χ1v) is 12.5. The van der Waals surface area contributed by atoms with Crippen LogP contribution in [0.25, 0.3) is 0 Å². The summed E-state index contributed by atoms with van der Waals surface area (Å²) >= 11 is 1.82. The van der Waals surface area contributed by atoms with E-state index in [9.17, 15) is 14.4 Å². The Morgan fingerprint density at radius 1 is 0.967 bits per heavy atom. The van der Waals surface area contributed by atoms with E-state index < -0.39 is 6.04 Å². The lowest BCUT2D eigenvalue weighted by Gasteiger charge is -2.29. The van der Waals surface area contributed by atoms with Crippen molar-refractivity contribution in [1.82, 2.24) is 10.2 Å². The fourth-order valence-corrected chi connectivity index (χ4v) is 5.62. The summed E-state index contributed by atoms with van der Waals surface area (Å²) in [6.07, 6.45) is 13.0. The molecule has 2 aliphatic heterocycles. The van der Waals surface area contributed by atoms with Gasteiger partial charge in [-0.2, -0.15) is 0 Å². The molecule has 1 atom stereocenters. The number of nitrogens with zero attached hydrogens (tertiary/aromatic N) is 1. The molecule has 0 aromatic heterocycles. The van der Waals surface area contributed by atoms with Crippen molar-refractivity contribution in [2.24, 2.45) is 5.92 Å². The molecule has 0 spiro atoms. The second-order valence-electron chi connectivity index (χ2n) is 8.88. The monoisotopic (exact) mass is 428 g/mol. The molecule has 6 heteroatoms. The van der Waals surface area contributed by atoms with Crippen LogP contribution >= 0.6 is 11.8 Å². The van der Waals surface area contributed by atoms with Gasteiger partial charge in [0.1, 0.15) is 6.04 Å². The molecule has 1 aromatic carbocycles. The molecule has 2 fully saturated rings. The number of benzene rings is 1. The summed E-state index contributed by atoms with van der Waals surface area (Å²) < 4.78 is 0. The first-order chi connectivity index (χ1) is 14.6. The summed E-state index contributed by atoms with van der Waals surface area (Å²) in [6.45, 7) is 0.463. The molecule has 162 valence electrons. The van der Waals surface area contributed by atoms with Gasteiger partial charge in [-0.15, -0.1) is 11.8 Å². The Bertz CT molecular complexity index is 806. The summed E-state index contributed by atoms with van der Waals surface area (Å²) in [5, 5.41) is 2.37. The Kier molecular flexibility index (Phi) is 7.13. The van der Waals surface area contributed by atoms with E-state index in [1.165, 1.54) is 57.8 Å². The number of unbranched alkanes of at least 4 members (excludes halogenated alkanes) is 5. The summed E-state index contributed by atoms with van der Waals surface area (Å²) in [4.78, 5) is 39.3. The van der Waals surface area contributed by atoms with Crippen molar-refractivity contribution >= 4 is 29.5 Å². The van der Waals surface area contributed by atoms with Crippen LogP contribution in [0.5, 0.6) is 0 Å². The Morgan fingerprint density at radius 2 is 1.73 bits per heavy atom. The molecule has 1 saturated heterocycles. The SMILES string of the molecule is O=C1CCC(N2Cc3c(SCCCCCCCCC4CC4)cccc3C2=O)C(=O)N1. The first kappa shape index (κ1) is 21.4. The predicted molar refractivity (Wildman–Crippen MR) is 118 cm³/mol. The van der Waals surface area contributed by atoms with E-state index in [1.54, 1.807) is 4.90 Å². The lowest BCUT2D eigenvalue weighted by molar-refractivity contribution is -0.136. The molecule has 5 nitrogen and oxygen atoms in total. The van der Waals surface area contributed by atoms with Gasteiger partial charge >= 0.3 is 0 Å². The number of carbonyl (C=O) groups excluding carboxylic acids is 3. The molecule has 1 unspecified atom stereocenters. The lowest BCUT2D eigenvalue weighted by atomic mass is 10.0. The quantitative estimate of drug-likeness (QED) is 0.316. The zero-order chi connectivity index (χ0) is 20.9. The van der Waals surface area contributed by atoms with Crippen LogP contribution in [0.1, 0.15) is 86.6 Å². The highest BCUT2D eigenvalue weighted by Gasteiger charge is 2.39. The Balaban J connectivity index is 1.22. The molecule has 3 amide bonds. The van der Waals surface area contributed by atoms with Gasteiger partial charge in [0.2, 0.25) is 11.8 Å². The van der Waals surface area contributed by atoms with Gasteiger partial charge in [-0.1, -0.05) is 57.4 Å². The summed E-state index contributed by atoms with van der Waals surface area (Å²) in [6, 6.07) is 5.34. The van der Waals surface area contributed by atoms with Crippen molar-refractivity contribution < 1.29 is 14.4 Å². The molecule has 2 heterocycles. The van der Waals surface area contributed by atoms with Crippen LogP contribution in [0.4, 0.5) is 0 Å². The number of piperidine rings is 1. The first-order valence-electron chi connectivity index (χ1n) is 11.5. The van der Waals surface area contributed by atoms with Crippen molar-refractivity contribution in [3.8, 4) is 0 Å². The predicted octanol–water partition coefficient (Wildman–Crippen LogP) is 4.68. The van der Waals surface area contributed by atoms with Gasteiger partial charge in [0.25, 0.3) is 5.91 Å². The summed E-state index contributed by atoms with van der Waals surface area (Å²) in [7, 11) is 0. The summed E-state index contributed by atoms with van der Waals surface area (Å²) in [5.74, 6) is 1.43. The van der Waals surface area contributed by atoms with E-state index >= 15 is 0 Å². The molecule has 1 N–H and O–H groups in total. The molecule has 0 radical (unpaired) electrons. The standard InChI is InChI=1S/C24H32N2O3S/c27-22-14-13-20(23(28)25-22)26-16-19-18(24(26)29)9-7-10-21(19)30-15-6-4-2-1-3-5-8-17-11-12-17/h7,9-10,17,20H,1-6,8,11-16H2,(H,25,27,28). The third-order valence-corrected chi connectivity index (χ3v) is 7.69. The van der Waals surface area contributed by atoms with Crippen molar-refractivity contribution in [2.45, 2.75) is 88.1 Å².